The molecule has 0 aliphatic heterocycles. The van der Waals surface area contributed by atoms with Crippen molar-refractivity contribution in [3.63, 3.8) is 0 Å². The second-order valence-corrected chi connectivity index (χ2v) is 6.00. The Balaban J connectivity index is 2.22. The molecule has 1 saturated carbocycles. The van der Waals surface area contributed by atoms with Gasteiger partial charge in [-0.25, -0.2) is 0 Å². The number of hydrogen-bond donors (Lipinski definition) is 1. The summed E-state index contributed by atoms with van der Waals surface area (Å²) in [6, 6.07) is 9.48. The Labute approximate surface area is 110 Å². The van der Waals surface area contributed by atoms with E-state index in [9.17, 15) is 0 Å². The summed E-state index contributed by atoms with van der Waals surface area (Å²) in [6.07, 6.45) is 3.91. The Bertz CT molecular complexity index is 365. The topological polar surface area (TPSA) is 12.0 Å². The number of rotatable bonds is 4. The summed E-state index contributed by atoms with van der Waals surface area (Å²) in [6.45, 7) is 6.74. The van der Waals surface area contributed by atoms with Crippen molar-refractivity contribution in [2.45, 2.75) is 57.5 Å². The van der Waals surface area contributed by atoms with Crippen LogP contribution in [0.5, 0.6) is 0 Å². The molecule has 1 aliphatic rings. The second kappa shape index (κ2) is 4.99. The molecule has 2 rings (SSSR count). The zero-order valence-electron chi connectivity index (χ0n) is 11.0. The van der Waals surface area contributed by atoms with Crippen molar-refractivity contribution in [3.8, 4) is 0 Å². The van der Waals surface area contributed by atoms with E-state index in [1.807, 2.05) is 12.1 Å². The Hall–Kier alpha value is -0.530. The fourth-order valence-electron chi connectivity index (χ4n) is 2.97. The van der Waals surface area contributed by atoms with Crippen LogP contribution in [0.25, 0.3) is 0 Å². The highest BCUT2D eigenvalue weighted by atomic mass is 35.5. The zero-order valence-corrected chi connectivity index (χ0v) is 11.7. The Kier molecular flexibility index (Phi) is 3.79. The van der Waals surface area contributed by atoms with Crippen LogP contribution in [-0.4, -0.2) is 12.1 Å². The fourth-order valence-corrected chi connectivity index (χ4v) is 3.10. The van der Waals surface area contributed by atoms with Crippen molar-refractivity contribution >= 4 is 11.6 Å². The third-order valence-electron chi connectivity index (χ3n) is 4.08. The van der Waals surface area contributed by atoms with Crippen LogP contribution in [0.1, 0.15) is 45.6 Å². The molecule has 1 atom stereocenters. The molecule has 1 unspecified atom stereocenters. The highest BCUT2D eigenvalue weighted by Gasteiger charge is 2.43. The molecular formula is C15H22ClN. The molecular weight excluding hydrogens is 230 g/mol. The van der Waals surface area contributed by atoms with Gasteiger partial charge in [0.1, 0.15) is 0 Å². The molecule has 1 aliphatic carbocycles. The molecule has 1 fully saturated rings. The smallest absolute Gasteiger partial charge is 0.0406 e. The van der Waals surface area contributed by atoms with E-state index in [1.165, 1.54) is 24.8 Å². The Morgan fingerprint density at radius 2 is 1.71 bits per heavy atom. The van der Waals surface area contributed by atoms with Gasteiger partial charge in [-0.1, -0.05) is 44.0 Å². The second-order valence-electron chi connectivity index (χ2n) is 5.56. The summed E-state index contributed by atoms with van der Waals surface area (Å²) in [5.41, 5.74) is 1.77. The zero-order chi connectivity index (χ0) is 12.5. The number of halogens is 1. The van der Waals surface area contributed by atoms with Crippen molar-refractivity contribution in [1.29, 1.82) is 0 Å². The Morgan fingerprint density at radius 1 is 1.12 bits per heavy atom. The molecule has 1 aromatic rings. The molecule has 17 heavy (non-hydrogen) atoms. The van der Waals surface area contributed by atoms with E-state index in [0.717, 1.165) is 5.02 Å². The van der Waals surface area contributed by atoms with E-state index in [2.05, 4.69) is 38.2 Å². The highest BCUT2D eigenvalue weighted by Crippen LogP contribution is 2.46. The summed E-state index contributed by atoms with van der Waals surface area (Å²) < 4.78 is 0. The van der Waals surface area contributed by atoms with E-state index in [-0.39, 0.29) is 0 Å². The van der Waals surface area contributed by atoms with Crippen LogP contribution < -0.4 is 5.32 Å². The molecule has 0 saturated heterocycles. The standard InChI is InChI=1S/C15H22ClN/c1-11(2)17-12(3)15(9-4-10-15)13-5-7-14(16)8-6-13/h5-8,11-12,17H,4,9-10H2,1-3H3. The molecule has 0 amide bonds. The summed E-state index contributed by atoms with van der Waals surface area (Å²) in [7, 11) is 0. The fraction of sp³-hybridized carbons (Fsp3) is 0.600. The predicted octanol–water partition coefficient (Wildman–Crippen LogP) is 4.15. The maximum atomic E-state index is 5.97. The van der Waals surface area contributed by atoms with Crippen molar-refractivity contribution in [1.82, 2.24) is 5.32 Å². The lowest BCUT2D eigenvalue weighted by Gasteiger charge is -2.48. The molecule has 94 valence electrons. The van der Waals surface area contributed by atoms with Gasteiger partial charge < -0.3 is 5.32 Å². The van der Waals surface area contributed by atoms with Crippen LogP contribution in [0, 0.1) is 0 Å². The van der Waals surface area contributed by atoms with Crippen LogP contribution >= 0.6 is 11.6 Å². The van der Waals surface area contributed by atoms with Crippen LogP contribution in [0.2, 0.25) is 5.02 Å². The van der Waals surface area contributed by atoms with E-state index >= 15 is 0 Å². The summed E-state index contributed by atoms with van der Waals surface area (Å²) in [4.78, 5) is 0. The largest absolute Gasteiger partial charge is 0.311 e. The lowest BCUT2D eigenvalue weighted by Crippen LogP contribution is -2.52. The van der Waals surface area contributed by atoms with Gasteiger partial charge in [-0.15, -0.1) is 0 Å². The van der Waals surface area contributed by atoms with E-state index in [0.29, 0.717) is 17.5 Å². The summed E-state index contributed by atoms with van der Waals surface area (Å²) in [5.74, 6) is 0. The van der Waals surface area contributed by atoms with Gasteiger partial charge in [0.15, 0.2) is 0 Å². The molecule has 0 radical (unpaired) electrons. The average molecular weight is 252 g/mol. The minimum Gasteiger partial charge on any atom is -0.311 e. The van der Waals surface area contributed by atoms with E-state index < -0.39 is 0 Å². The SMILES string of the molecule is CC(C)NC(C)C1(c2ccc(Cl)cc2)CCC1. The van der Waals surface area contributed by atoms with Crippen LogP contribution in [0.3, 0.4) is 0 Å². The molecule has 0 spiro atoms. The monoisotopic (exact) mass is 251 g/mol. The molecule has 1 N–H and O–H groups in total. The van der Waals surface area contributed by atoms with Gasteiger partial charge >= 0.3 is 0 Å². The first kappa shape index (κ1) is 12.9. The van der Waals surface area contributed by atoms with Crippen molar-refractivity contribution < 1.29 is 0 Å². The molecule has 2 heteroatoms. The normalized spacial score (nSPS) is 20.1. The highest BCUT2D eigenvalue weighted by molar-refractivity contribution is 6.30. The number of nitrogens with one attached hydrogen (secondary N) is 1. The summed E-state index contributed by atoms with van der Waals surface area (Å²) in [5, 5.41) is 4.49. The summed E-state index contributed by atoms with van der Waals surface area (Å²) >= 11 is 5.97. The minimum atomic E-state index is 0.328. The maximum Gasteiger partial charge on any atom is 0.0406 e. The molecule has 0 aromatic heterocycles. The lowest BCUT2D eigenvalue weighted by atomic mass is 9.60. The van der Waals surface area contributed by atoms with Crippen molar-refractivity contribution in [2.75, 3.05) is 0 Å². The Morgan fingerprint density at radius 3 is 2.12 bits per heavy atom. The van der Waals surface area contributed by atoms with E-state index in [1.54, 1.807) is 0 Å². The quantitative estimate of drug-likeness (QED) is 0.848. The van der Waals surface area contributed by atoms with Gasteiger partial charge in [0.05, 0.1) is 0 Å². The predicted molar refractivity (Wildman–Crippen MR) is 74.7 cm³/mol. The first-order chi connectivity index (χ1) is 8.04. The number of hydrogen-bond acceptors (Lipinski definition) is 1. The van der Waals surface area contributed by atoms with Crippen LogP contribution in [0.15, 0.2) is 24.3 Å². The molecule has 0 heterocycles. The third-order valence-corrected chi connectivity index (χ3v) is 4.33. The van der Waals surface area contributed by atoms with E-state index in [4.69, 9.17) is 11.6 Å². The lowest BCUT2D eigenvalue weighted by molar-refractivity contribution is 0.172. The van der Waals surface area contributed by atoms with Crippen LogP contribution in [-0.2, 0) is 5.41 Å². The first-order valence-electron chi connectivity index (χ1n) is 6.57. The average Bonchev–Trinajstić information content (AvgIpc) is 2.18. The van der Waals surface area contributed by atoms with Gasteiger partial charge in [0.25, 0.3) is 0 Å². The van der Waals surface area contributed by atoms with Gasteiger partial charge in [-0.3, -0.25) is 0 Å². The van der Waals surface area contributed by atoms with Gasteiger partial charge in [0.2, 0.25) is 0 Å². The van der Waals surface area contributed by atoms with Crippen molar-refractivity contribution in [2.24, 2.45) is 0 Å². The molecule has 0 bridgehead atoms. The molecule has 1 nitrogen and oxygen atoms in total. The maximum absolute atomic E-state index is 5.97. The minimum absolute atomic E-state index is 0.328. The third kappa shape index (κ3) is 2.51. The first-order valence-corrected chi connectivity index (χ1v) is 6.94. The van der Waals surface area contributed by atoms with Crippen LogP contribution in [0.4, 0.5) is 0 Å². The molecule has 1 aromatic carbocycles. The van der Waals surface area contributed by atoms with Gasteiger partial charge in [0, 0.05) is 22.5 Å². The van der Waals surface area contributed by atoms with Gasteiger partial charge in [-0.05, 0) is 37.5 Å². The van der Waals surface area contributed by atoms with Gasteiger partial charge in [-0.2, -0.15) is 0 Å². The van der Waals surface area contributed by atoms with Crippen molar-refractivity contribution in [3.05, 3.63) is 34.9 Å². The number of benzene rings is 1.